The fourth-order valence-corrected chi connectivity index (χ4v) is 3.28. The number of carboxylic acids is 1. The molecule has 1 heterocycles. The average Bonchev–Trinajstić information content (AvgIpc) is 2.70. The predicted molar refractivity (Wildman–Crippen MR) is 69.5 cm³/mol. The number of nitrogens with zero attached hydrogens (tertiary/aromatic N) is 1. The summed E-state index contributed by atoms with van der Waals surface area (Å²) in [4.78, 5) is 25.4. The van der Waals surface area contributed by atoms with Crippen molar-refractivity contribution in [2.45, 2.75) is 45.1 Å². The van der Waals surface area contributed by atoms with E-state index in [1.54, 1.807) is 11.8 Å². The molecule has 1 amide bonds. The van der Waals surface area contributed by atoms with Crippen molar-refractivity contribution >= 4 is 11.9 Å². The summed E-state index contributed by atoms with van der Waals surface area (Å²) >= 11 is 0. The van der Waals surface area contributed by atoms with Crippen LogP contribution in [0.15, 0.2) is 0 Å². The number of carbonyl (C=O) groups is 2. The molecule has 0 spiro atoms. The third kappa shape index (κ3) is 3.08. The summed E-state index contributed by atoms with van der Waals surface area (Å²) in [6.45, 7) is 4.85. The lowest BCUT2D eigenvalue weighted by Crippen LogP contribution is -2.48. The Labute approximate surface area is 113 Å². The molecule has 0 aromatic rings. The number of amides is 1. The molecule has 1 aliphatic carbocycles. The van der Waals surface area contributed by atoms with Crippen LogP contribution >= 0.6 is 0 Å². The van der Waals surface area contributed by atoms with E-state index >= 15 is 0 Å². The Morgan fingerprint density at radius 3 is 2.21 bits per heavy atom. The molecule has 3 atom stereocenters. The molecule has 2 fully saturated rings. The monoisotopic (exact) mass is 269 g/mol. The maximum absolute atomic E-state index is 12.5. The maximum Gasteiger partial charge on any atom is 0.307 e. The van der Waals surface area contributed by atoms with E-state index in [1.807, 2.05) is 6.92 Å². The van der Waals surface area contributed by atoms with Crippen LogP contribution in [-0.2, 0) is 9.59 Å². The fraction of sp³-hybridized carbons (Fsp3) is 0.857. The molecule has 0 aromatic heterocycles. The average molecular weight is 269 g/mol. The van der Waals surface area contributed by atoms with Gasteiger partial charge in [-0.25, -0.2) is 0 Å². The third-order valence-corrected chi connectivity index (χ3v) is 4.58. The summed E-state index contributed by atoms with van der Waals surface area (Å²) < 4.78 is 0. The summed E-state index contributed by atoms with van der Waals surface area (Å²) in [5, 5.41) is 19.1. The molecule has 0 radical (unpaired) electrons. The van der Waals surface area contributed by atoms with Gasteiger partial charge < -0.3 is 15.1 Å². The molecule has 1 saturated carbocycles. The van der Waals surface area contributed by atoms with E-state index in [2.05, 4.69) is 0 Å². The molecule has 5 nitrogen and oxygen atoms in total. The van der Waals surface area contributed by atoms with Crippen molar-refractivity contribution in [3.63, 3.8) is 0 Å². The predicted octanol–water partition coefficient (Wildman–Crippen LogP) is 1.11. The van der Waals surface area contributed by atoms with Crippen LogP contribution in [-0.4, -0.2) is 45.7 Å². The minimum absolute atomic E-state index is 0.0350. The Morgan fingerprint density at radius 1 is 1.16 bits per heavy atom. The van der Waals surface area contributed by atoms with Gasteiger partial charge in [-0.2, -0.15) is 0 Å². The molecule has 2 rings (SSSR count). The van der Waals surface area contributed by atoms with Gasteiger partial charge in [0.25, 0.3) is 0 Å². The van der Waals surface area contributed by atoms with E-state index in [9.17, 15) is 19.8 Å². The van der Waals surface area contributed by atoms with E-state index in [1.165, 1.54) is 0 Å². The van der Waals surface area contributed by atoms with Gasteiger partial charge in [-0.3, -0.25) is 9.59 Å². The fourth-order valence-electron chi connectivity index (χ4n) is 3.28. The van der Waals surface area contributed by atoms with Crippen molar-refractivity contribution in [2.75, 3.05) is 13.1 Å². The number of rotatable bonds is 2. The van der Waals surface area contributed by atoms with E-state index in [-0.39, 0.29) is 11.8 Å². The Balaban J connectivity index is 2.01. The third-order valence-electron chi connectivity index (χ3n) is 4.58. The van der Waals surface area contributed by atoms with E-state index in [4.69, 9.17) is 0 Å². The summed E-state index contributed by atoms with van der Waals surface area (Å²) in [5.41, 5.74) is -0.689. The first kappa shape index (κ1) is 14.3. The van der Waals surface area contributed by atoms with Crippen LogP contribution in [0.1, 0.15) is 39.5 Å². The molecule has 0 bridgehead atoms. The SMILES string of the molecule is CC1C[C@H](C(=O)N2CCC(C)(O)CC2)[C@H](C(=O)O)C1. The standard InChI is InChI=1S/C14H23NO4/c1-9-7-10(11(8-9)13(17)18)12(16)15-5-3-14(2,19)4-6-15/h9-11,19H,3-8H2,1-2H3,(H,17,18)/t9?,10-,11+/m0/s1. The van der Waals surface area contributed by atoms with Crippen molar-refractivity contribution in [3.8, 4) is 0 Å². The number of piperidine rings is 1. The normalized spacial score (nSPS) is 34.3. The van der Waals surface area contributed by atoms with Gasteiger partial charge in [-0.1, -0.05) is 6.92 Å². The Kier molecular flexibility index (Phi) is 3.85. The van der Waals surface area contributed by atoms with Crippen molar-refractivity contribution in [3.05, 3.63) is 0 Å². The van der Waals surface area contributed by atoms with Crippen LogP contribution in [0.25, 0.3) is 0 Å². The lowest BCUT2D eigenvalue weighted by molar-refractivity contribution is -0.150. The minimum atomic E-state index is -0.855. The van der Waals surface area contributed by atoms with Crippen LogP contribution in [0, 0.1) is 17.8 Å². The number of carbonyl (C=O) groups excluding carboxylic acids is 1. The zero-order valence-corrected chi connectivity index (χ0v) is 11.6. The summed E-state index contributed by atoms with van der Waals surface area (Å²) in [5.74, 6) is -1.51. The van der Waals surface area contributed by atoms with Gasteiger partial charge in [0, 0.05) is 13.1 Å². The first-order valence-electron chi connectivity index (χ1n) is 7.04. The van der Waals surface area contributed by atoms with E-state index in [0.29, 0.717) is 44.7 Å². The largest absolute Gasteiger partial charge is 0.481 e. The van der Waals surface area contributed by atoms with E-state index in [0.717, 1.165) is 0 Å². The Hall–Kier alpha value is -1.10. The summed E-state index contributed by atoms with van der Waals surface area (Å²) in [7, 11) is 0. The first-order chi connectivity index (χ1) is 8.80. The molecular weight excluding hydrogens is 246 g/mol. The minimum Gasteiger partial charge on any atom is -0.481 e. The lowest BCUT2D eigenvalue weighted by atomic mass is 9.90. The van der Waals surface area contributed by atoms with Gasteiger partial charge in [0.2, 0.25) is 5.91 Å². The highest BCUT2D eigenvalue weighted by Gasteiger charge is 2.43. The second-order valence-electron chi connectivity index (χ2n) is 6.45. The van der Waals surface area contributed by atoms with Gasteiger partial charge in [0.15, 0.2) is 0 Å². The highest BCUT2D eigenvalue weighted by atomic mass is 16.4. The number of carboxylic acid groups (broad SMARTS) is 1. The molecule has 1 aliphatic heterocycles. The van der Waals surface area contributed by atoms with Crippen LogP contribution < -0.4 is 0 Å². The van der Waals surface area contributed by atoms with Crippen LogP contribution in [0.2, 0.25) is 0 Å². The Morgan fingerprint density at radius 2 is 1.68 bits per heavy atom. The molecule has 0 aromatic carbocycles. The van der Waals surface area contributed by atoms with Crippen molar-refractivity contribution < 1.29 is 19.8 Å². The van der Waals surface area contributed by atoms with Crippen molar-refractivity contribution in [1.29, 1.82) is 0 Å². The molecule has 2 aliphatic rings. The van der Waals surface area contributed by atoms with Crippen molar-refractivity contribution in [2.24, 2.45) is 17.8 Å². The van der Waals surface area contributed by atoms with Gasteiger partial charge in [-0.15, -0.1) is 0 Å². The number of likely N-dealkylation sites (tertiary alicyclic amines) is 1. The van der Waals surface area contributed by atoms with Crippen molar-refractivity contribution in [1.82, 2.24) is 4.90 Å². The van der Waals surface area contributed by atoms with Gasteiger partial charge in [0.05, 0.1) is 17.4 Å². The van der Waals surface area contributed by atoms with Crippen LogP contribution in [0.5, 0.6) is 0 Å². The van der Waals surface area contributed by atoms with Crippen LogP contribution in [0.3, 0.4) is 0 Å². The smallest absolute Gasteiger partial charge is 0.307 e. The summed E-state index contributed by atoms with van der Waals surface area (Å²) in [6, 6.07) is 0. The maximum atomic E-state index is 12.5. The Bertz CT molecular complexity index is 370. The second-order valence-corrected chi connectivity index (χ2v) is 6.45. The number of hydrogen-bond acceptors (Lipinski definition) is 3. The second kappa shape index (κ2) is 5.12. The molecule has 1 unspecified atom stereocenters. The van der Waals surface area contributed by atoms with Gasteiger partial charge >= 0.3 is 5.97 Å². The molecule has 19 heavy (non-hydrogen) atoms. The molecule has 108 valence electrons. The highest BCUT2D eigenvalue weighted by Crippen LogP contribution is 2.38. The number of aliphatic hydroxyl groups is 1. The molecule has 5 heteroatoms. The quantitative estimate of drug-likeness (QED) is 0.787. The first-order valence-corrected chi connectivity index (χ1v) is 7.04. The van der Waals surface area contributed by atoms with Crippen LogP contribution in [0.4, 0.5) is 0 Å². The highest BCUT2D eigenvalue weighted by molar-refractivity contribution is 5.85. The number of hydrogen-bond donors (Lipinski definition) is 2. The summed E-state index contributed by atoms with van der Waals surface area (Å²) in [6.07, 6.45) is 2.40. The van der Waals surface area contributed by atoms with E-state index < -0.39 is 17.5 Å². The molecule has 1 saturated heterocycles. The molecule has 2 N–H and O–H groups in total. The van der Waals surface area contributed by atoms with Gasteiger partial charge in [0.1, 0.15) is 0 Å². The zero-order chi connectivity index (χ0) is 14.2. The lowest BCUT2D eigenvalue weighted by Gasteiger charge is -2.37. The topological polar surface area (TPSA) is 77.8 Å². The van der Waals surface area contributed by atoms with Gasteiger partial charge in [-0.05, 0) is 38.5 Å². The number of aliphatic carboxylic acids is 1. The molecular formula is C14H23NO4. The zero-order valence-electron chi connectivity index (χ0n) is 11.6.